The molecule has 1 fully saturated rings. The number of nitrogens with one attached hydrogen (secondary N) is 1. The molecule has 0 radical (unpaired) electrons. The third kappa shape index (κ3) is 3.27. The second kappa shape index (κ2) is 5.13. The molecule has 3 nitrogen and oxygen atoms in total. The number of alkyl halides is 3. The topological polar surface area (TPSA) is 49.3 Å². The molecule has 2 N–H and O–H groups in total. The van der Waals surface area contributed by atoms with Crippen LogP contribution in [0.1, 0.15) is 23.6 Å². The van der Waals surface area contributed by atoms with Crippen molar-refractivity contribution in [3.8, 4) is 0 Å². The van der Waals surface area contributed by atoms with Crippen LogP contribution < -0.4 is 5.32 Å². The second-order valence-electron chi connectivity index (χ2n) is 4.50. The van der Waals surface area contributed by atoms with Gasteiger partial charge in [0.05, 0.1) is 11.5 Å². The molecule has 104 valence electrons. The average Bonchev–Trinajstić information content (AvgIpc) is 2.76. The van der Waals surface area contributed by atoms with Crippen molar-refractivity contribution in [2.75, 3.05) is 6.54 Å². The molecule has 1 aliphatic heterocycles. The zero-order valence-corrected chi connectivity index (χ0v) is 11.3. The minimum Gasteiger partial charge on any atom is -0.481 e. The van der Waals surface area contributed by atoms with Crippen LogP contribution in [0, 0.1) is 5.92 Å². The highest BCUT2D eigenvalue weighted by atomic mass is 79.9. The predicted molar refractivity (Wildman–Crippen MR) is 65.6 cm³/mol. The van der Waals surface area contributed by atoms with Crippen LogP contribution in [-0.2, 0) is 11.0 Å². The van der Waals surface area contributed by atoms with E-state index < -0.39 is 23.6 Å². The van der Waals surface area contributed by atoms with Gasteiger partial charge in [0, 0.05) is 17.1 Å². The first-order valence-corrected chi connectivity index (χ1v) is 6.40. The first-order valence-electron chi connectivity index (χ1n) is 5.61. The molecule has 2 atom stereocenters. The van der Waals surface area contributed by atoms with Gasteiger partial charge in [0.25, 0.3) is 0 Å². The molecule has 1 aliphatic rings. The molecule has 0 amide bonds. The number of aliphatic carboxylic acids is 1. The first kappa shape index (κ1) is 14.3. The Morgan fingerprint density at radius 1 is 1.37 bits per heavy atom. The summed E-state index contributed by atoms with van der Waals surface area (Å²) in [7, 11) is 0. The Kier molecular flexibility index (Phi) is 3.87. The fraction of sp³-hybridized carbons (Fsp3) is 0.417. The van der Waals surface area contributed by atoms with Crippen LogP contribution in [0.15, 0.2) is 22.7 Å². The quantitative estimate of drug-likeness (QED) is 0.871. The maximum atomic E-state index is 12.7. The van der Waals surface area contributed by atoms with Crippen molar-refractivity contribution in [3.63, 3.8) is 0 Å². The van der Waals surface area contributed by atoms with Crippen molar-refractivity contribution in [3.05, 3.63) is 33.8 Å². The van der Waals surface area contributed by atoms with Gasteiger partial charge in [-0.1, -0.05) is 15.9 Å². The average molecular weight is 338 g/mol. The molecule has 1 saturated heterocycles. The highest BCUT2D eigenvalue weighted by molar-refractivity contribution is 9.10. The Bertz CT molecular complexity index is 504. The molecule has 1 heterocycles. The lowest BCUT2D eigenvalue weighted by atomic mass is 9.98. The number of hydrogen-bond acceptors (Lipinski definition) is 2. The maximum Gasteiger partial charge on any atom is 0.416 e. The van der Waals surface area contributed by atoms with Crippen molar-refractivity contribution in [2.45, 2.75) is 18.6 Å². The summed E-state index contributed by atoms with van der Waals surface area (Å²) in [6, 6.07) is 3.29. The molecule has 19 heavy (non-hydrogen) atoms. The van der Waals surface area contributed by atoms with Gasteiger partial charge in [0.1, 0.15) is 0 Å². The molecule has 0 aliphatic carbocycles. The number of halogens is 4. The summed E-state index contributed by atoms with van der Waals surface area (Å²) in [5.41, 5.74) is -0.289. The minimum absolute atomic E-state index is 0.272. The van der Waals surface area contributed by atoms with Crippen molar-refractivity contribution in [2.24, 2.45) is 5.92 Å². The number of carbonyl (C=O) groups is 1. The largest absolute Gasteiger partial charge is 0.481 e. The Hall–Kier alpha value is -1.08. The zero-order chi connectivity index (χ0) is 14.2. The monoisotopic (exact) mass is 337 g/mol. The Morgan fingerprint density at radius 2 is 2.05 bits per heavy atom. The van der Waals surface area contributed by atoms with E-state index in [1.54, 1.807) is 6.07 Å². The third-order valence-corrected chi connectivity index (χ3v) is 3.59. The normalized spacial score (nSPS) is 23.6. The van der Waals surface area contributed by atoms with Crippen LogP contribution in [0.5, 0.6) is 0 Å². The molecule has 0 aromatic heterocycles. The maximum absolute atomic E-state index is 12.7. The number of carboxylic acid groups (broad SMARTS) is 1. The Labute approximate surface area is 115 Å². The van der Waals surface area contributed by atoms with E-state index in [2.05, 4.69) is 21.2 Å². The van der Waals surface area contributed by atoms with E-state index in [1.165, 1.54) is 0 Å². The molecule has 2 unspecified atom stereocenters. The van der Waals surface area contributed by atoms with Crippen LogP contribution in [0.2, 0.25) is 0 Å². The second-order valence-corrected chi connectivity index (χ2v) is 5.42. The van der Waals surface area contributed by atoms with Crippen LogP contribution in [0.25, 0.3) is 0 Å². The molecular formula is C12H11BrF3NO2. The summed E-state index contributed by atoms with van der Waals surface area (Å²) in [5.74, 6) is -1.49. The van der Waals surface area contributed by atoms with Crippen LogP contribution in [0.3, 0.4) is 0 Å². The fourth-order valence-electron chi connectivity index (χ4n) is 2.15. The van der Waals surface area contributed by atoms with E-state index in [0.717, 1.165) is 12.1 Å². The molecule has 1 aromatic carbocycles. The molecule has 0 spiro atoms. The molecule has 1 aromatic rings. The van der Waals surface area contributed by atoms with Crippen molar-refractivity contribution < 1.29 is 23.1 Å². The summed E-state index contributed by atoms with van der Waals surface area (Å²) in [6.45, 7) is 0.272. The highest BCUT2D eigenvalue weighted by Gasteiger charge is 2.34. The van der Waals surface area contributed by atoms with Gasteiger partial charge in [-0.3, -0.25) is 4.79 Å². The number of rotatable bonds is 2. The van der Waals surface area contributed by atoms with E-state index in [4.69, 9.17) is 5.11 Å². The number of hydrogen-bond donors (Lipinski definition) is 2. The van der Waals surface area contributed by atoms with Gasteiger partial charge >= 0.3 is 12.1 Å². The van der Waals surface area contributed by atoms with Crippen molar-refractivity contribution in [1.82, 2.24) is 5.32 Å². The highest BCUT2D eigenvalue weighted by Crippen LogP contribution is 2.35. The van der Waals surface area contributed by atoms with Crippen molar-refractivity contribution >= 4 is 21.9 Å². The lowest BCUT2D eigenvalue weighted by Crippen LogP contribution is -2.17. The van der Waals surface area contributed by atoms with E-state index >= 15 is 0 Å². The zero-order valence-electron chi connectivity index (χ0n) is 9.67. The third-order valence-electron chi connectivity index (χ3n) is 3.13. The van der Waals surface area contributed by atoms with Gasteiger partial charge in [-0.2, -0.15) is 13.2 Å². The SMILES string of the molecule is O=C(O)C1CNC(c2cc(Br)cc(C(F)(F)F)c2)C1. The molecule has 0 bridgehead atoms. The van der Waals surface area contributed by atoms with E-state index in [9.17, 15) is 18.0 Å². The lowest BCUT2D eigenvalue weighted by molar-refractivity contribution is -0.141. The van der Waals surface area contributed by atoms with Crippen LogP contribution in [-0.4, -0.2) is 17.6 Å². The van der Waals surface area contributed by atoms with Gasteiger partial charge in [0.2, 0.25) is 0 Å². The number of benzene rings is 1. The first-order chi connectivity index (χ1) is 8.77. The summed E-state index contributed by atoms with van der Waals surface area (Å²) >= 11 is 3.05. The van der Waals surface area contributed by atoms with Crippen molar-refractivity contribution in [1.29, 1.82) is 0 Å². The van der Waals surface area contributed by atoms with Gasteiger partial charge in [-0.25, -0.2) is 0 Å². The van der Waals surface area contributed by atoms with Gasteiger partial charge in [-0.15, -0.1) is 0 Å². The predicted octanol–water partition coefficient (Wildman–Crippen LogP) is 3.20. The summed E-state index contributed by atoms with van der Waals surface area (Å²) in [4.78, 5) is 10.8. The molecule has 7 heteroatoms. The molecular weight excluding hydrogens is 327 g/mol. The van der Waals surface area contributed by atoms with Crippen LogP contribution >= 0.6 is 15.9 Å². The van der Waals surface area contributed by atoms with E-state index in [-0.39, 0.29) is 12.6 Å². The van der Waals surface area contributed by atoms with Gasteiger partial charge in [0.15, 0.2) is 0 Å². The van der Waals surface area contributed by atoms with Gasteiger partial charge in [-0.05, 0) is 30.2 Å². The molecule has 2 rings (SSSR count). The Morgan fingerprint density at radius 3 is 2.58 bits per heavy atom. The fourth-order valence-corrected chi connectivity index (χ4v) is 2.67. The number of carboxylic acids is 1. The van der Waals surface area contributed by atoms with Crippen LogP contribution in [0.4, 0.5) is 13.2 Å². The standard InChI is InChI=1S/C12H11BrF3NO2/c13-9-2-6(1-8(4-9)12(14,15)16)10-3-7(5-17-10)11(18)19/h1-2,4,7,10,17H,3,5H2,(H,18,19). The van der Waals surface area contributed by atoms with E-state index in [1.807, 2.05) is 0 Å². The smallest absolute Gasteiger partial charge is 0.416 e. The minimum atomic E-state index is -4.41. The van der Waals surface area contributed by atoms with E-state index in [0.29, 0.717) is 16.5 Å². The molecule has 0 saturated carbocycles. The summed E-state index contributed by atoms with van der Waals surface area (Å²) < 4.78 is 38.4. The summed E-state index contributed by atoms with van der Waals surface area (Å²) in [5, 5.41) is 11.8. The van der Waals surface area contributed by atoms with Gasteiger partial charge < -0.3 is 10.4 Å². The lowest BCUT2D eigenvalue weighted by Gasteiger charge is -2.14. The summed E-state index contributed by atoms with van der Waals surface area (Å²) in [6.07, 6.45) is -4.12. The Balaban J connectivity index is 2.26.